The maximum absolute atomic E-state index is 13.4. The number of nitrogens with one attached hydrogen (secondary N) is 1. The molecule has 0 saturated heterocycles. The molecule has 0 radical (unpaired) electrons. The molecule has 2 heterocycles. The summed E-state index contributed by atoms with van der Waals surface area (Å²) < 4.78 is 51.6. The minimum absolute atomic E-state index is 0.172. The van der Waals surface area contributed by atoms with Crippen molar-refractivity contribution in [3.63, 3.8) is 0 Å². The number of carbonyl (C=O) groups is 1. The van der Waals surface area contributed by atoms with E-state index in [1.54, 1.807) is 0 Å². The van der Waals surface area contributed by atoms with Gasteiger partial charge in [-0.25, -0.2) is 14.4 Å². The van der Waals surface area contributed by atoms with Crippen LogP contribution in [0.2, 0.25) is 0 Å². The zero-order valence-corrected chi connectivity index (χ0v) is 9.88. The molecule has 0 amide bonds. The van der Waals surface area contributed by atoms with Crippen LogP contribution in [0.1, 0.15) is 16.1 Å². The largest absolute Gasteiger partial charge is 0.545 e. The van der Waals surface area contributed by atoms with Crippen LogP contribution < -0.4 is 10.4 Å². The highest BCUT2D eigenvalue weighted by Crippen LogP contribution is 2.32. The monoisotopic (exact) mass is 288 g/mol. The number of pyridine rings is 2. The Hall–Kier alpha value is -2.45. The van der Waals surface area contributed by atoms with Gasteiger partial charge in [-0.2, -0.15) is 13.2 Å². The lowest BCUT2D eigenvalue weighted by Crippen LogP contribution is -2.27. The van der Waals surface area contributed by atoms with Crippen molar-refractivity contribution in [3.8, 4) is 0 Å². The highest BCUT2D eigenvalue weighted by atomic mass is 19.4. The van der Waals surface area contributed by atoms with Crippen molar-refractivity contribution in [1.82, 2.24) is 9.97 Å². The minimum Gasteiger partial charge on any atom is -0.545 e. The average Bonchev–Trinajstić information content (AvgIpc) is 2.35. The zero-order chi connectivity index (χ0) is 15.1. The molecule has 0 saturated carbocycles. The summed E-state index contributed by atoms with van der Waals surface area (Å²) in [5.41, 5.74) is -3.22. The van der Waals surface area contributed by atoms with Crippen LogP contribution in [0.25, 0.3) is 11.0 Å². The lowest BCUT2D eigenvalue weighted by Gasteiger charge is -2.14. The van der Waals surface area contributed by atoms with Gasteiger partial charge in [0.05, 0.1) is 5.97 Å². The lowest BCUT2D eigenvalue weighted by molar-refractivity contribution is -0.255. The molecule has 0 unspecified atom stereocenters. The number of fused-ring (bicyclic) bond motifs is 1. The first-order chi connectivity index (χ1) is 9.24. The standard InChI is InChI=1S/C11H7F4N3O2/c1-16-9-6(12)3-4-2-5(10(19)20)7(11(13,14)15)17-8(4)18-9/h2-3H,1H3,(H,19,20)(H,16,17,18)/p-1. The van der Waals surface area contributed by atoms with Crippen LogP contribution in [0.3, 0.4) is 0 Å². The molecule has 0 aliphatic carbocycles. The summed E-state index contributed by atoms with van der Waals surface area (Å²) in [5, 5.41) is 12.9. The third kappa shape index (κ3) is 2.33. The zero-order valence-electron chi connectivity index (χ0n) is 9.88. The molecule has 106 valence electrons. The molecule has 0 aliphatic heterocycles. The number of aromatic carboxylic acids is 1. The van der Waals surface area contributed by atoms with Crippen molar-refractivity contribution >= 4 is 22.8 Å². The smallest absolute Gasteiger partial charge is 0.434 e. The van der Waals surface area contributed by atoms with E-state index in [2.05, 4.69) is 15.3 Å². The second kappa shape index (κ2) is 4.58. The number of rotatable bonds is 2. The van der Waals surface area contributed by atoms with Crippen LogP contribution in [0, 0.1) is 5.82 Å². The summed E-state index contributed by atoms with van der Waals surface area (Å²) in [6, 6.07) is 1.48. The van der Waals surface area contributed by atoms with Crippen LogP contribution in [0.5, 0.6) is 0 Å². The topological polar surface area (TPSA) is 77.9 Å². The fraction of sp³-hybridized carbons (Fsp3) is 0.182. The molecule has 20 heavy (non-hydrogen) atoms. The van der Waals surface area contributed by atoms with E-state index >= 15 is 0 Å². The van der Waals surface area contributed by atoms with E-state index in [9.17, 15) is 27.5 Å². The lowest BCUT2D eigenvalue weighted by atomic mass is 10.1. The predicted octanol–water partition coefficient (Wildman–Crippen LogP) is 1.19. The molecule has 0 bridgehead atoms. The number of hydrogen-bond acceptors (Lipinski definition) is 5. The summed E-state index contributed by atoms with van der Waals surface area (Å²) in [7, 11) is 1.33. The predicted molar refractivity (Wildman–Crippen MR) is 58.4 cm³/mol. The number of anilines is 1. The normalized spacial score (nSPS) is 11.7. The summed E-state index contributed by atoms with van der Waals surface area (Å²) >= 11 is 0. The van der Waals surface area contributed by atoms with E-state index in [0.29, 0.717) is 6.07 Å². The molecule has 0 fully saturated rings. The second-order valence-corrected chi connectivity index (χ2v) is 3.79. The number of halogens is 4. The highest BCUT2D eigenvalue weighted by molar-refractivity contribution is 5.92. The molecule has 1 N–H and O–H groups in total. The maximum Gasteiger partial charge on any atom is 0.434 e. The Morgan fingerprint density at radius 2 is 1.95 bits per heavy atom. The molecule has 0 aliphatic rings. The van der Waals surface area contributed by atoms with E-state index in [1.807, 2.05) is 0 Å². The number of carbonyl (C=O) groups excluding carboxylic acids is 1. The number of alkyl halides is 3. The van der Waals surface area contributed by atoms with Gasteiger partial charge in [-0.15, -0.1) is 0 Å². The van der Waals surface area contributed by atoms with E-state index < -0.39 is 34.9 Å². The molecule has 2 rings (SSSR count). The van der Waals surface area contributed by atoms with Gasteiger partial charge >= 0.3 is 6.18 Å². The molecule has 5 nitrogen and oxygen atoms in total. The first-order valence-electron chi connectivity index (χ1n) is 5.21. The highest BCUT2D eigenvalue weighted by Gasteiger charge is 2.36. The van der Waals surface area contributed by atoms with Gasteiger partial charge in [0.2, 0.25) is 0 Å². The van der Waals surface area contributed by atoms with Gasteiger partial charge in [-0.3, -0.25) is 0 Å². The van der Waals surface area contributed by atoms with Gasteiger partial charge in [-0.1, -0.05) is 0 Å². The van der Waals surface area contributed by atoms with Gasteiger partial charge < -0.3 is 15.2 Å². The fourth-order valence-corrected chi connectivity index (χ4v) is 1.63. The Morgan fingerprint density at radius 3 is 2.45 bits per heavy atom. The minimum atomic E-state index is -4.99. The number of carboxylic acids is 1. The third-order valence-electron chi connectivity index (χ3n) is 2.48. The molecule has 0 aromatic carbocycles. The first-order valence-corrected chi connectivity index (χ1v) is 5.21. The summed E-state index contributed by atoms with van der Waals surface area (Å²) in [6.07, 6.45) is -4.99. The molecular formula is C11H6F4N3O2-. The second-order valence-electron chi connectivity index (χ2n) is 3.79. The number of aromatic nitrogens is 2. The van der Waals surface area contributed by atoms with Crippen molar-refractivity contribution < 1.29 is 27.5 Å². The molecule has 0 atom stereocenters. The van der Waals surface area contributed by atoms with E-state index in [0.717, 1.165) is 6.07 Å². The summed E-state index contributed by atoms with van der Waals surface area (Å²) in [5.74, 6) is -3.19. The van der Waals surface area contributed by atoms with Gasteiger partial charge in [0.15, 0.2) is 23.0 Å². The van der Waals surface area contributed by atoms with Crippen molar-refractivity contribution in [2.75, 3.05) is 12.4 Å². The SMILES string of the molecule is CNc1nc2nc(C(F)(F)F)c(C(=O)[O-])cc2cc1F. The van der Waals surface area contributed by atoms with Crippen LogP contribution in [-0.2, 0) is 6.18 Å². The van der Waals surface area contributed by atoms with Gasteiger partial charge in [-0.05, 0) is 12.1 Å². The Kier molecular flexibility index (Phi) is 3.20. The summed E-state index contributed by atoms with van der Waals surface area (Å²) in [4.78, 5) is 17.5. The molecular weight excluding hydrogens is 282 g/mol. The van der Waals surface area contributed by atoms with Gasteiger partial charge in [0, 0.05) is 18.0 Å². The summed E-state index contributed by atoms with van der Waals surface area (Å²) in [6.45, 7) is 0. The van der Waals surface area contributed by atoms with Gasteiger partial charge in [0.1, 0.15) is 0 Å². The van der Waals surface area contributed by atoms with Crippen molar-refractivity contribution in [3.05, 3.63) is 29.2 Å². The molecule has 9 heteroatoms. The Balaban J connectivity index is 2.82. The van der Waals surface area contributed by atoms with Crippen LogP contribution >= 0.6 is 0 Å². The molecule has 2 aromatic rings. The van der Waals surface area contributed by atoms with Gasteiger partial charge in [0.25, 0.3) is 0 Å². The first kappa shape index (κ1) is 14.0. The van der Waals surface area contributed by atoms with Crippen LogP contribution in [0.15, 0.2) is 12.1 Å². The quantitative estimate of drug-likeness (QED) is 0.840. The average molecular weight is 288 g/mol. The Morgan fingerprint density at radius 1 is 1.30 bits per heavy atom. The molecule has 0 spiro atoms. The number of hydrogen-bond donors (Lipinski definition) is 1. The van der Waals surface area contributed by atoms with E-state index in [1.165, 1.54) is 7.05 Å². The van der Waals surface area contributed by atoms with Crippen LogP contribution in [0.4, 0.5) is 23.4 Å². The maximum atomic E-state index is 13.4. The third-order valence-corrected chi connectivity index (χ3v) is 2.48. The fourth-order valence-electron chi connectivity index (χ4n) is 1.63. The van der Waals surface area contributed by atoms with Crippen molar-refractivity contribution in [2.45, 2.75) is 6.18 Å². The van der Waals surface area contributed by atoms with Crippen molar-refractivity contribution in [2.24, 2.45) is 0 Å². The Labute approximate surface area is 109 Å². The number of carboxylic acid groups (broad SMARTS) is 1. The van der Waals surface area contributed by atoms with Crippen LogP contribution in [-0.4, -0.2) is 23.0 Å². The number of nitrogens with zero attached hydrogens (tertiary/aromatic N) is 2. The van der Waals surface area contributed by atoms with E-state index in [-0.39, 0.29) is 11.2 Å². The van der Waals surface area contributed by atoms with E-state index in [4.69, 9.17) is 0 Å². The molecule has 2 aromatic heterocycles. The van der Waals surface area contributed by atoms with Crippen molar-refractivity contribution in [1.29, 1.82) is 0 Å². The Bertz CT molecular complexity index is 700.